The summed E-state index contributed by atoms with van der Waals surface area (Å²) in [5, 5.41) is 0. The molecule has 1 heterocycles. The van der Waals surface area contributed by atoms with Crippen molar-refractivity contribution in [2.45, 2.75) is 39.3 Å². The fraction of sp³-hybridized carbons (Fsp3) is 0.333. The van der Waals surface area contributed by atoms with Gasteiger partial charge in [-0.3, -0.25) is 4.79 Å². The van der Waals surface area contributed by atoms with Gasteiger partial charge in [-0.2, -0.15) is 0 Å². The highest BCUT2D eigenvalue weighted by Gasteiger charge is 2.27. The Kier molecular flexibility index (Phi) is 5.17. The van der Waals surface area contributed by atoms with Crippen LogP contribution in [0.4, 0.5) is 0 Å². The molecule has 130 valence electrons. The molecule has 1 aliphatic rings. The van der Waals surface area contributed by atoms with E-state index < -0.39 is 12.1 Å². The molecule has 3 rings (SSSR count). The Morgan fingerprint density at radius 2 is 1.76 bits per heavy atom. The van der Waals surface area contributed by atoms with Crippen molar-refractivity contribution in [3.63, 3.8) is 0 Å². The minimum Gasteiger partial charge on any atom is -0.449 e. The molecule has 4 nitrogen and oxygen atoms in total. The van der Waals surface area contributed by atoms with Crippen LogP contribution in [0.1, 0.15) is 40.9 Å². The number of nitrogens with zero attached hydrogens (tertiary/aromatic N) is 1. The highest BCUT2D eigenvalue weighted by atomic mass is 16.5. The van der Waals surface area contributed by atoms with E-state index >= 15 is 0 Å². The molecule has 0 N–H and O–H groups in total. The largest absolute Gasteiger partial charge is 0.449 e. The first-order chi connectivity index (χ1) is 12.1. The van der Waals surface area contributed by atoms with E-state index in [1.54, 1.807) is 24.0 Å². The second kappa shape index (κ2) is 7.51. The Hall–Kier alpha value is -2.62. The third-order valence-electron chi connectivity index (χ3n) is 4.67. The van der Waals surface area contributed by atoms with Gasteiger partial charge in [0.2, 0.25) is 0 Å². The molecule has 2 aromatic carbocycles. The molecular formula is C21H23NO3. The SMILES string of the molecule is CCc1ccc(C(=O)OC(C)C(=O)N2CCc3ccccc3C2)cc1. The monoisotopic (exact) mass is 337 g/mol. The van der Waals surface area contributed by atoms with Crippen molar-refractivity contribution in [2.24, 2.45) is 0 Å². The molecule has 2 aromatic rings. The lowest BCUT2D eigenvalue weighted by molar-refractivity contribution is -0.140. The van der Waals surface area contributed by atoms with Gasteiger partial charge in [-0.25, -0.2) is 4.79 Å². The lowest BCUT2D eigenvalue weighted by atomic mass is 9.99. The smallest absolute Gasteiger partial charge is 0.338 e. The lowest BCUT2D eigenvalue weighted by Crippen LogP contribution is -2.42. The first-order valence-corrected chi connectivity index (χ1v) is 8.74. The molecule has 0 bridgehead atoms. The summed E-state index contributed by atoms with van der Waals surface area (Å²) in [6, 6.07) is 15.4. The first-order valence-electron chi connectivity index (χ1n) is 8.74. The summed E-state index contributed by atoms with van der Waals surface area (Å²) in [6.45, 7) is 4.93. The molecule has 25 heavy (non-hydrogen) atoms. The van der Waals surface area contributed by atoms with Crippen molar-refractivity contribution in [1.82, 2.24) is 4.90 Å². The van der Waals surface area contributed by atoms with E-state index in [-0.39, 0.29) is 5.91 Å². The average Bonchev–Trinajstić information content (AvgIpc) is 2.67. The molecule has 1 unspecified atom stereocenters. The molecular weight excluding hydrogens is 314 g/mol. The van der Waals surface area contributed by atoms with Crippen LogP contribution in [0.25, 0.3) is 0 Å². The molecule has 0 radical (unpaired) electrons. The molecule has 0 fully saturated rings. The number of esters is 1. The highest BCUT2D eigenvalue weighted by molar-refractivity contribution is 5.92. The summed E-state index contributed by atoms with van der Waals surface area (Å²) in [5.74, 6) is -0.603. The number of fused-ring (bicyclic) bond motifs is 1. The Balaban J connectivity index is 1.61. The van der Waals surface area contributed by atoms with Crippen molar-refractivity contribution in [3.8, 4) is 0 Å². The van der Waals surface area contributed by atoms with Gasteiger partial charge in [0.05, 0.1) is 5.56 Å². The number of amides is 1. The van der Waals surface area contributed by atoms with Gasteiger partial charge in [0, 0.05) is 13.1 Å². The zero-order valence-corrected chi connectivity index (χ0v) is 14.7. The summed E-state index contributed by atoms with van der Waals surface area (Å²) in [4.78, 5) is 26.6. The second-order valence-electron chi connectivity index (χ2n) is 6.38. The van der Waals surface area contributed by atoms with Crippen LogP contribution in [-0.4, -0.2) is 29.4 Å². The van der Waals surface area contributed by atoms with E-state index in [0.717, 1.165) is 24.0 Å². The van der Waals surface area contributed by atoms with Crippen molar-refractivity contribution in [2.75, 3.05) is 6.54 Å². The van der Waals surface area contributed by atoms with Gasteiger partial charge in [0.1, 0.15) is 0 Å². The maximum atomic E-state index is 12.6. The molecule has 0 saturated carbocycles. The fourth-order valence-electron chi connectivity index (χ4n) is 3.10. The molecule has 1 amide bonds. The summed E-state index contributed by atoms with van der Waals surface area (Å²) in [7, 11) is 0. The predicted octanol–water partition coefficient (Wildman–Crippen LogP) is 3.38. The number of hydrogen-bond donors (Lipinski definition) is 0. The van der Waals surface area contributed by atoms with Gasteiger partial charge in [-0.05, 0) is 48.6 Å². The Morgan fingerprint density at radius 1 is 1.08 bits per heavy atom. The Morgan fingerprint density at radius 3 is 2.44 bits per heavy atom. The molecule has 1 atom stereocenters. The van der Waals surface area contributed by atoms with Crippen LogP contribution in [-0.2, 0) is 28.9 Å². The second-order valence-corrected chi connectivity index (χ2v) is 6.38. The third-order valence-corrected chi connectivity index (χ3v) is 4.67. The van der Waals surface area contributed by atoms with E-state index in [0.29, 0.717) is 18.7 Å². The minimum atomic E-state index is -0.788. The number of rotatable bonds is 4. The minimum absolute atomic E-state index is 0.145. The normalized spacial score (nSPS) is 14.6. The summed E-state index contributed by atoms with van der Waals surface area (Å²) in [5.41, 5.74) is 4.08. The van der Waals surface area contributed by atoms with Crippen molar-refractivity contribution in [3.05, 3.63) is 70.8 Å². The highest BCUT2D eigenvalue weighted by Crippen LogP contribution is 2.19. The van der Waals surface area contributed by atoms with Gasteiger partial charge >= 0.3 is 5.97 Å². The van der Waals surface area contributed by atoms with E-state index in [1.165, 1.54) is 5.56 Å². The number of hydrogen-bond acceptors (Lipinski definition) is 3. The third kappa shape index (κ3) is 3.90. The standard InChI is InChI=1S/C21H23NO3/c1-3-16-8-10-18(11-9-16)21(24)25-15(2)20(23)22-13-12-17-6-4-5-7-19(17)14-22/h4-11,15H,3,12-14H2,1-2H3. The van der Waals surface area contributed by atoms with Crippen LogP contribution in [0.15, 0.2) is 48.5 Å². The van der Waals surface area contributed by atoms with Crippen molar-refractivity contribution < 1.29 is 14.3 Å². The Bertz CT molecular complexity index is 767. The van der Waals surface area contributed by atoms with Crippen molar-refractivity contribution in [1.29, 1.82) is 0 Å². The number of ether oxygens (including phenoxy) is 1. The average molecular weight is 337 g/mol. The van der Waals surface area contributed by atoms with Crippen LogP contribution < -0.4 is 0 Å². The summed E-state index contributed by atoms with van der Waals surface area (Å²) >= 11 is 0. The van der Waals surface area contributed by atoms with E-state index in [9.17, 15) is 9.59 Å². The maximum absolute atomic E-state index is 12.6. The van der Waals surface area contributed by atoms with Crippen LogP contribution in [0.5, 0.6) is 0 Å². The van der Waals surface area contributed by atoms with Crippen LogP contribution in [0, 0.1) is 0 Å². The van der Waals surface area contributed by atoms with E-state index in [4.69, 9.17) is 4.74 Å². The van der Waals surface area contributed by atoms with E-state index in [2.05, 4.69) is 13.0 Å². The Labute approximate surface area is 148 Å². The predicted molar refractivity (Wildman–Crippen MR) is 96.3 cm³/mol. The van der Waals surface area contributed by atoms with Crippen LogP contribution in [0.2, 0.25) is 0 Å². The maximum Gasteiger partial charge on any atom is 0.338 e. The van der Waals surface area contributed by atoms with Gasteiger partial charge in [0.15, 0.2) is 6.10 Å². The molecule has 0 saturated heterocycles. The zero-order valence-electron chi connectivity index (χ0n) is 14.7. The lowest BCUT2D eigenvalue weighted by Gasteiger charge is -2.30. The molecule has 1 aliphatic heterocycles. The number of benzene rings is 2. The quantitative estimate of drug-likeness (QED) is 0.804. The topological polar surface area (TPSA) is 46.6 Å². The number of carbonyl (C=O) groups is 2. The number of carbonyl (C=O) groups excluding carboxylic acids is 2. The molecule has 0 aliphatic carbocycles. The van der Waals surface area contributed by atoms with Gasteiger partial charge < -0.3 is 9.64 Å². The molecule has 0 spiro atoms. The first kappa shape index (κ1) is 17.2. The van der Waals surface area contributed by atoms with Crippen LogP contribution >= 0.6 is 0 Å². The van der Waals surface area contributed by atoms with Crippen molar-refractivity contribution >= 4 is 11.9 Å². The van der Waals surface area contributed by atoms with Gasteiger partial charge in [-0.1, -0.05) is 43.3 Å². The molecule has 0 aromatic heterocycles. The summed E-state index contributed by atoms with van der Waals surface area (Å²) in [6.07, 6.45) is 0.963. The number of aryl methyl sites for hydroxylation is 1. The van der Waals surface area contributed by atoms with Crippen LogP contribution in [0.3, 0.4) is 0 Å². The van der Waals surface area contributed by atoms with E-state index in [1.807, 2.05) is 30.3 Å². The zero-order chi connectivity index (χ0) is 17.8. The van der Waals surface area contributed by atoms with Gasteiger partial charge in [0.25, 0.3) is 5.91 Å². The van der Waals surface area contributed by atoms with Gasteiger partial charge in [-0.15, -0.1) is 0 Å². The fourth-order valence-corrected chi connectivity index (χ4v) is 3.10. The molecule has 4 heteroatoms. The summed E-state index contributed by atoms with van der Waals surface area (Å²) < 4.78 is 5.38.